The maximum absolute atomic E-state index is 16.2. The molecule has 3 aromatic carbocycles. The molecule has 3 aromatic rings. The van der Waals surface area contributed by atoms with Gasteiger partial charge < -0.3 is 19.2 Å². The molecule has 2 radical (unpaired) electrons. The van der Waals surface area contributed by atoms with E-state index in [-0.39, 0.29) is 38.3 Å². The summed E-state index contributed by atoms with van der Waals surface area (Å²) in [6.07, 6.45) is -0.484. The van der Waals surface area contributed by atoms with E-state index in [0.717, 1.165) is 0 Å². The molecular weight excluding hydrogens is 504 g/mol. The topological polar surface area (TPSA) is 59.0 Å². The predicted molar refractivity (Wildman–Crippen MR) is 145 cm³/mol. The van der Waals surface area contributed by atoms with Crippen molar-refractivity contribution in [3.63, 3.8) is 0 Å². The Bertz CT molecular complexity index is 1230. The van der Waals surface area contributed by atoms with E-state index in [4.69, 9.17) is 9.16 Å². The van der Waals surface area contributed by atoms with Crippen molar-refractivity contribution in [2.24, 2.45) is 0 Å². The van der Waals surface area contributed by atoms with Crippen LogP contribution in [0.2, 0.25) is 5.04 Å². The van der Waals surface area contributed by atoms with Crippen LogP contribution in [0.1, 0.15) is 61.7 Å². The molecule has 1 aliphatic heterocycles. The fourth-order valence-electron chi connectivity index (χ4n) is 4.94. The Balaban J connectivity index is 2.14. The maximum Gasteiger partial charge on any atom is 0.338 e. The van der Waals surface area contributed by atoms with Gasteiger partial charge in [-0.15, -0.1) is 0 Å². The van der Waals surface area contributed by atoms with Crippen LogP contribution in [-0.4, -0.2) is 46.1 Å². The lowest BCUT2D eigenvalue weighted by molar-refractivity contribution is -0.00568. The summed E-state index contributed by atoms with van der Waals surface area (Å²) in [5.74, 6) is -4.15. The van der Waals surface area contributed by atoms with Crippen LogP contribution in [0, 0.1) is 11.6 Å². The van der Waals surface area contributed by atoms with Gasteiger partial charge in [-0.1, -0.05) is 81.4 Å². The van der Waals surface area contributed by atoms with Crippen LogP contribution in [-0.2, 0) is 14.8 Å². The second-order valence-electron chi connectivity index (χ2n) is 10.8. The molecule has 0 aliphatic carbocycles. The standard InChI is InChI=1S/C30H33F2NO4Si/c1-19-17-33(18-20(2)36-19)27-24(16-23(28(34)35)25(31)26(27)32)30(37-38-29(3,4)5,21-12-8-6-9-13-21)22-14-10-7-11-15-22/h6-16,19-20H,17-18H2,1-5H3,(H,34,35)/t19-,20+. The van der Waals surface area contributed by atoms with Gasteiger partial charge in [0.1, 0.15) is 5.60 Å². The summed E-state index contributed by atoms with van der Waals surface area (Å²) < 4.78 is 44.3. The van der Waals surface area contributed by atoms with Crippen LogP contribution in [0.15, 0.2) is 66.7 Å². The predicted octanol–water partition coefficient (Wildman–Crippen LogP) is 6.42. The van der Waals surface area contributed by atoms with E-state index in [1.807, 2.05) is 95.3 Å². The number of hydrogen-bond acceptors (Lipinski definition) is 4. The molecule has 1 heterocycles. The van der Waals surface area contributed by atoms with Gasteiger partial charge in [-0.05, 0) is 36.1 Å². The zero-order valence-electron chi connectivity index (χ0n) is 22.3. The summed E-state index contributed by atoms with van der Waals surface area (Å²) in [7, 11) is -0.0563. The Kier molecular flexibility index (Phi) is 8.06. The summed E-state index contributed by atoms with van der Waals surface area (Å²) in [6.45, 7) is 10.5. The van der Waals surface area contributed by atoms with Crippen LogP contribution in [0.4, 0.5) is 14.5 Å². The van der Waals surface area contributed by atoms with E-state index in [0.29, 0.717) is 24.2 Å². The van der Waals surface area contributed by atoms with Gasteiger partial charge in [0.15, 0.2) is 11.6 Å². The normalized spacial score (nSPS) is 18.4. The molecule has 1 N–H and O–H groups in total. The molecule has 8 heteroatoms. The lowest BCUT2D eigenvalue weighted by atomic mass is 9.78. The Labute approximate surface area is 225 Å². The fourth-order valence-corrected chi connectivity index (χ4v) is 5.74. The van der Waals surface area contributed by atoms with Gasteiger partial charge >= 0.3 is 5.97 Å². The van der Waals surface area contributed by atoms with E-state index in [1.54, 1.807) is 4.90 Å². The zero-order valence-corrected chi connectivity index (χ0v) is 23.3. The number of carbonyl (C=O) groups is 1. The first-order valence-corrected chi connectivity index (χ1v) is 13.6. The number of nitrogens with zero attached hydrogens (tertiary/aromatic N) is 1. The number of carboxylic acid groups (broad SMARTS) is 1. The van der Waals surface area contributed by atoms with Crippen LogP contribution < -0.4 is 4.90 Å². The maximum atomic E-state index is 16.2. The smallest absolute Gasteiger partial charge is 0.338 e. The van der Waals surface area contributed by atoms with E-state index < -0.39 is 28.8 Å². The summed E-state index contributed by atoms with van der Waals surface area (Å²) >= 11 is 0. The number of aromatic carboxylic acids is 1. The summed E-state index contributed by atoms with van der Waals surface area (Å²) in [5, 5.41) is 9.63. The van der Waals surface area contributed by atoms with Gasteiger partial charge in [-0.3, -0.25) is 0 Å². The lowest BCUT2D eigenvalue weighted by Gasteiger charge is -2.43. The molecule has 1 aliphatic rings. The molecule has 0 spiro atoms. The summed E-state index contributed by atoms with van der Waals surface area (Å²) in [6, 6.07) is 19.9. The Hall–Kier alpha value is -3.07. The molecule has 1 fully saturated rings. The van der Waals surface area contributed by atoms with Gasteiger partial charge in [0.25, 0.3) is 0 Å². The lowest BCUT2D eigenvalue weighted by Crippen LogP contribution is -2.47. The summed E-state index contributed by atoms with van der Waals surface area (Å²) in [4.78, 5) is 13.9. The third-order valence-corrected chi connectivity index (χ3v) is 7.42. The van der Waals surface area contributed by atoms with Gasteiger partial charge in [-0.25, -0.2) is 13.6 Å². The molecule has 200 valence electrons. The molecule has 0 saturated carbocycles. The van der Waals surface area contributed by atoms with Crippen LogP contribution >= 0.6 is 0 Å². The second kappa shape index (κ2) is 11.0. The molecule has 0 unspecified atom stereocenters. The highest BCUT2D eigenvalue weighted by atomic mass is 28.2. The molecule has 4 rings (SSSR count). The first kappa shape index (κ1) is 27.9. The minimum Gasteiger partial charge on any atom is -0.478 e. The van der Waals surface area contributed by atoms with Crippen molar-refractivity contribution in [3.8, 4) is 0 Å². The average Bonchev–Trinajstić information content (AvgIpc) is 2.86. The molecule has 5 nitrogen and oxygen atoms in total. The van der Waals surface area contributed by atoms with Gasteiger partial charge in [0.2, 0.25) is 9.76 Å². The van der Waals surface area contributed by atoms with Crippen LogP contribution in [0.3, 0.4) is 0 Å². The van der Waals surface area contributed by atoms with E-state index >= 15 is 8.78 Å². The first-order chi connectivity index (χ1) is 17.9. The number of rotatable bonds is 7. The van der Waals surface area contributed by atoms with Crippen molar-refractivity contribution in [1.82, 2.24) is 0 Å². The molecule has 0 bridgehead atoms. The first-order valence-electron chi connectivity index (χ1n) is 12.7. The minimum absolute atomic E-state index is 0.0130. The van der Waals surface area contributed by atoms with E-state index in [9.17, 15) is 9.90 Å². The number of ether oxygens (including phenoxy) is 1. The number of benzene rings is 3. The molecule has 0 amide bonds. The van der Waals surface area contributed by atoms with Crippen molar-refractivity contribution in [2.75, 3.05) is 18.0 Å². The third-order valence-electron chi connectivity index (χ3n) is 6.40. The highest BCUT2D eigenvalue weighted by Crippen LogP contribution is 2.47. The minimum atomic E-state index is -1.55. The quantitative estimate of drug-likeness (QED) is 0.278. The number of halogens is 2. The molecule has 1 saturated heterocycles. The van der Waals surface area contributed by atoms with Crippen molar-refractivity contribution in [1.29, 1.82) is 0 Å². The highest BCUT2D eigenvalue weighted by molar-refractivity contribution is 6.32. The van der Waals surface area contributed by atoms with Crippen molar-refractivity contribution >= 4 is 21.4 Å². The van der Waals surface area contributed by atoms with Gasteiger partial charge in [0.05, 0.1) is 23.5 Å². The Morgan fingerprint density at radius 2 is 1.45 bits per heavy atom. The van der Waals surface area contributed by atoms with Crippen molar-refractivity contribution in [3.05, 3.63) is 101 Å². The molecule has 0 aromatic heterocycles. The van der Waals surface area contributed by atoms with Crippen molar-refractivity contribution < 1.29 is 27.8 Å². The Morgan fingerprint density at radius 3 is 1.89 bits per heavy atom. The van der Waals surface area contributed by atoms with Gasteiger partial charge in [0, 0.05) is 18.7 Å². The van der Waals surface area contributed by atoms with Gasteiger partial charge in [-0.2, -0.15) is 0 Å². The fraction of sp³-hybridized carbons (Fsp3) is 0.367. The number of morpholine rings is 1. The van der Waals surface area contributed by atoms with Crippen LogP contribution in [0.25, 0.3) is 0 Å². The number of carboxylic acids is 1. The zero-order chi connectivity index (χ0) is 27.7. The third kappa shape index (κ3) is 5.53. The SMILES string of the molecule is C[C@@H]1CN(c2c(C(O[Si]C(C)(C)C)(c3ccccc3)c3ccccc3)cc(C(=O)O)c(F)c2F)C[C@H](C)O1. The largest absolute Gasteiger partial charge is 0.478 e. The second-order valence-corrected chi connectivity index (χ2v) is 12.7. The highest BCUT2D eigenvalue weighted by Gasteiger charge is 2.44. The summed E-state index contributed by atoms with van der Waals surface area (Å²) in [5.41, 5.74) is -0.575. The average molecular weight is 538 g/mol. The molecular formula is C30H33F2NO4Si. The van der Waals surface area contributed by atoms with Crippen LogP contribution in [0.5, 0.6) is 0 Å². The number of anilines is 1. The van der Waals surface area contributed by atoms with E-state index in [2.05, 4.69) is 0 Å². The van der Waals surface area contributed by atoms with Crippen molar-refractivity contribution in [2.45, 2.75) is 57.5 Å². The number of hydrogen-bond donors (Lipinski definition) is 1. The molecule has 38 heavy (non-hydrogen) atoms. The van der Waals surface area contributed by atoms with E-state index in [1.165, 1.54) is 6.07 Å². The Morgan fingerprint density at radius 1 is 0.947 bits per heavy atom. The molecule has 2 atom stereocenters. The monoisotopic (exact) mass is 537 g/mol.